The highest BCUT2D eigenvalue weighted by Gasteiger charge is 2.31. The summed E-state index contributed by atoms with van der Waals surface area (Å²) < 4.78 is 0. The van der Waals surface area contributed by atoms with Crippen LogP contribution in [0.3, 0.4) is 0 Å². The highest BCUT2D eigenvalue weighted by molar-refractivity contribution is 5.86. The second-order valence-corrected chi connectivity index (χ2v) is 3.69. The van der Waals surface area contributed by atoms with Gasteiger partial charge in [0.25, 0.3) is 0 Å². The van der Waals surface area contributed by atoms with Crippen molar-refractivity contribution < 1.29 is 0 Å². The minimum atomic E-state index is 0.364. The molecule has 1 aliphatic rings. The van der Waals surface area contributed by atoms with E-state index >= 15 is 0 Å². The van der Waals surface area contributed by atoms with Crippen LogP contribution in [0.15, 0.2) is 10.1 Å². The maximum atomic E-state index is 4.49. The molecule has 0 radical (unpaired) electrons. The van der Waals surface area contributed by atoms with Gasteiger partial charge in [0.05, 0.1) is 0 Å². The molecule has 0 aromatic rings. The van der Waals surface area contributed by atoms with Crippen LogP contribution >= 0.6 is 0 Å². The standard InChI is InChI=1S/C10H19N3/c1-5-12-10(9-6-7-9)13(11-4)8(2)3/h8-9H,4-7H2,1-3H3. The van der Waals surface area contributed by atoms with Crippen LogP contribution in [-0.2, 0) is 0 Å². The molecular weight excluding hydrogens is 162 g/mol. The van der Waals surface area contributed by atoms with Crippen molar-refractivity contribution in [3.05, 3.63) is 0 Å². The lowest BCUT2D eigenvalue weighted by Gasteiger charge is -2.24. The summed E-state index contributed by atoms with van der Waals surface area (Å²) in [6, 6.07) is 0.364. The lowest BCUT2D eigenvalue weighted by molar-refractivity contribution is 0.360. The predicted molar refractivity (Wildman–Crippen MR) is 57.2 cm³/mol. The number of rotatable bonds is 4. The average Bonchev–Trinajstić information content (AvgIpc) is 2.86. The van der Waals surface area contributed by atoms with Crippen LogP contribution in [0.4, 0.5) is 0 Å². The van der Waals surface area contributed by atoms with Gasteiger partial charge in [-0.25, -0.2) is 5.01 Å². The minimum Gasteiger partial charge on any atom is -0.271 e. The second kappa shape index (κ2) is 4.40. The Balaban J connectivity index is 2.71. The van der Waals surface area contributed by atoms with Gasteiger partial charge in [0.15, 0.2) is 0 Å². The Morgan fingerprint density at radius 1 is 1.54 bits per heavy atom. The molecule has 0 N–H and O–H groups in total. The number of amidine groups is 1. The van der Waals surface area contributed by atoms with E-state index in [4.69, 9.17) is 0 Å². The van der Waals surface area contributed by atoms with Gasteiger partial charge in [-0.1, -0.05) is 0 Å². The zero-order valence-electron chi connectivity index (χ0n) is 8.82. The average molecular weight is 181 g/mol. The Labute approximate surface area is 80.5 Å². The van der Waals surface area contributed by atoms with Crippen molar-refractivity contribution in [2.75, 3.05) is 6.54 Å². The molecule has 0 amide bonds. The first kappa shape index (κ1) is 10.2. The molecule has 0 spiro atoms. The number of nitrogens with zero attached hydrogens (tertiary/aromatic N) is 3. The maximum Gasteiger partial charge on any atom is 0.123 e. The Hall–Kier alpha value is -0.860. The van der Waals surface area contributed by atoms with Crippen molar-refractivity contribution in [1.82, 2.24) is 5.01 Å². The van der Waals surface area contributed by atoms with Crippen molar-refractivity contribution >= 4 is 12.6 Å². The van der Waals surface area contributed by atoms with Crippen molar-refractivity contribution in [3.63, 3.8) is 0 Å². The highest BCUT2D eigenvalue weighted by atomic mass is 15.5. The van der Waals surface area contributed by atoms with Gasteiger partial charge in [0.2, 0.25) is 0 Å². The van der Waals surface area contributed by atoms with Gasteiger partial charge in [-0.05, 0) is 33.6 Å². The topological polar surface area (TPSA) is 28.0 Å². The van der Waals surface area contributed by atoms with Crippen LogP contribution in [-0.4, -0.2) is 30.1 Å². The molecule has 74 valence electrons. The molecule has 3 heteroatoms. The third kappa shape index (κ3) is 2.54. The van der Waals surface area contributed by atoms with Crippen LogP contribution in [0, 0.1) is 5.92 Å². The van der Waals surface area contributed by atoms with E-state index in [1.165, 1.54) is 12.8 Å². The maximum absolute atomic E-state index is 4.49. The van der Waals surface area contributed by atoms with E-state index in [1.807, 2.05) is 5.01 Å². The van der Waals surface area contributed by atoms with Crippen molar-refractivity contribution in [3.8, 4) is 0 Å². The van der Waals surface area contributed by atoms with E-state index in [1.54, 1.807) is 0 Å². The van der Waals surface area contributed by atoms with Crippen molar-refractivity contribution in [2.24, 2.45) is 16.0 Å². The third-order valence-corrected chi connectivity index (χ3v) is 2.14. The Morgan fingerprint density at radius 3 is 2.46 bits per heavy atom. The third-order valence-electron chi connectivity index (χ3n) is 2.14. The van der Waals surface area contributed by atoms with E-state index in [9.17, 15) is 0 Å². The molecule has 0 bridgehead atoms. The summed E-state index contributed by atoms with van der Waals surface area (Å²) in [7, 11) is 0. The first-order chi connectivity index (χ1) is 6.20. The molecule has 1 aliphatic carbocycles. The van der Waals surface area contributed by atoms with E-state index in [0.717, 1.165) is 12.4 Å². The van der Waals surface area contributed by atoms with Crippen LogP contribution < -0.4 is 0 Å². The molecule has 0 unspecified atom stereocenters. The minimum absolute atomic E-state index is 0.364. The lowest BCUT2D eigenvalue weighted by Crippen LogP contribution is -2.33. The van der Waals surface area contributed by atoms with E-state index in [0.29, 0.717) is 12.0 Å². The summed E-state index contributed by atoms with van der Waals surface area (Å²) in [5, 5.41) is 5.97. The molecule has 0 heterocycles. The first-order valence-electron chi connectivity index (χ1n) is 5.00. The molecule has 0 aromatic heterocycles. The monoisotopic (exact) mass is 181 g/mol. The Kier molecular flexibility index (Phi) is 3.46. The van der Waals surface area contributed by atoms with Crippen LogP contribution in [0.2, 0.25) is 0 Å². The van der Waals surface area contributed by atoms with E-state index < -0.39 is 0 Å². The van der Waals surface area contributed by atoms with Crippen molar-refractivity contribution in [1.29, 1.82) is 0 Å². The summed E-state index contributed by atoms with van der Waals surface area (Å²) in [6.07, 6.45) is 2.52. The lowest BCUT2D eigenvalue weighted by atomic mass is 10.3. The molecule has 0 aromatic carbocycles. The molecule has 0 saturated heterocycles. The van der Waals surface area contributed by atoms with E-state index in [-0.39, 0.29) is 0 Å². The predicted octanol–water partition coefficient (Wildman–Crippen LogP) is 2.14. The fraction of sp³-hybridized carbons (Fsp3) is 0.800. The zero-order valence-corrected chi connectivity index (χ0v) is 8.82. The Bertz CT molecular complexity index is 204. The fourth-order valence-corrected chi connectivity index (χ4v) is 1.39. The van der Waals surface area contributed by atoms with Crippen LogP contribution in [0.25, 0.3) is 0 Å². The molecule has 1 saturated carbocycles. The van der Waals surface area contributed by atoms with Gasteiger partial charge >= 0.3 is 0 Å². The second-order valence-electron chi connectivity index (χ2n) is 3.69. The summed E-state index contributed by atoms with van der Waals surface area (Å²) in [5.74, 6) is 1.78. The van der Waals surface area contributed by atoms with Gasteiger partial charge in [-0.2, -0.15) is 5.10 Å². The molecule has 0 atom stereocenters. The Morgan fingerprint density at radius 2 is 2.15 bits per heavy atom. The fourth-order valence-electron chi connectivity index (χ4n) is 1.39. The van der Waals surface area contributed by atoms with Gasteiger partial charge in [-0.15, -0.1) is 0 Å². The summed E-state index contributed by atoms with van der Waals surface area (Å²) in [6.45, 7) is 10.7. The molecule has 1 rings (SSSR count). The van der Waals surface area contributed by atoms with E-state index in [2.05, 4.69) is 37.6 Å². The largest absolute Gasteiger partial charge is 0.271 e. The first-order valence-corrected chi connectivity index (χ1v) is 5.00. The van der Waals surface area contributed by atoms with Gasteiger partial charge in [0.1, 0.15) is 5.84 Å². The summed E-state index contributed by atoms with van der Waals surface area (Å²) >= 11 is 0. The summed E-state index contributed by atoms with van der Waals surface area (Å²) in [5.41, 5.74) is 0. The SMILES string of the molecule is C=NN(C(=NCC)C1CC1)C(C)C. The number of hydrazone groups is 1. The van der Waals surface area contributed by atoms with Gasteiger partial charge in [0, 0.05) is 25.2 Å². The zero-order chi connectivity index (χ0) is 9.84. The van der Waals surface area contributed by atoms with Crippen LogP contribution in [0.5, 0.6) is 0 Å². The number of hydrogen-bond acceptors (Lipinski definition) is 2. The number of aliphatic imine (C=N–C) groups is 1. The van der Waals surface area contributed by atoms with Gasteiger partial charge in [-0.3, -0.25) is 4.99 Å². The number of hydrogen-bond donors (Lipinski definition) is 0. The van der Waals surface area contributed by atoms with Gasteiger partial charge < -0.3 is 0 Å². The smallest absolute Gasteiger partial charge is 0.123 e. The molecular formula is C10H19N3. The molecule has 0 aliphatic heterocycles. The quantitative estimate of drug-likeness (QED) is 0.371. The molecule has 1 fully saturated rings. The van der Waals surface area contributed by atoms with Crippen LogP contribution in [0.1, 0.15) is 33.6 Å². The normalized spacial score (nSPS) is 17.7. The summed E-state index contributed by atoms with van der Waals surface area (Å²) in [4.78, 5) is 4.49. The molecule has 3 nitrogen and oxygen atoms in total. The molecule has 13 heavy (non-hydrogen) atoms. The highest BCUT2D eigenvalue weighted by Crippen LogP contribution is 2.32. The van der Waals surface area contributed by atoms with Crippen molar-refractivity contribution in [2.45, 2.75) is 39.7 Å².